The molecule has 2 aromatic rings. The lowest BCUT2D eigenvalue weighted by Crippen LogP contribution is -2.55. The van der Waals surface area contributed by atoms with E-state index >= 15 is 0 Å². The maximum atomic E-state index is 13.6. The van der Waals surface area contributed by atoms with Gasteiger partial charge in [-0.3, -0.25) is 14.5 Å². The molecular formula is C31H43N3O8. The third-order valence-corrected chi connectivity index (χ3v) is 6.72. The van der Waals surface area contributed by atoms with E-state index in [1.165, 1.54) is 0 Å². The van der Waals surface area contributed by atoms with Gasteiger partial charge < -0.3 is 33.9 Å². The Morgan fingerprint density at radius 2 is 1.55 bits per heavy atom. The van der Waals surface area contributed by atoms with E-state index in [4.69, 9.17) is 23.7 Å². The fraction of sp³-hybridized carbons (Fsp3) is 0.516. The van der Waals surface area contributed by atoms with Gasteiger partial charge in [-0.15, -0.1) is 0 Å². The number of amides is 2. The zero-order valence-electron chi connectivity index (χ0n) is 25.4. The molecule has 2 amide bonds. The number of benzene rings is 2. The lowest BCUT2D eigenvalue weighted by molar-refractivity contribution is -0.155. The maximum absolute atomic E-state index is 13.6. The summed E-state index contributed by atoms with van der Waals surface area (Å²) in [5, 5.41) is 2.68. The monoisotopic (exact) mass is 585 g/mol. The highest BCUT2D eigenvalue weighted by atomic mass is 16.6. The van der Waals surface area contributed by atoms with Crippen LogP contribution in [-0.4, -0.2) is 86.9 Å². The minimum atomic E-state index is -0.932. The minimum absolute atomic E-state index is 0.0221. The zero-order valence-corrected chi connectivity index (χ0v) is 25.4. The normalized spacial score (nSPS) is 14.5. The summed E-state index contributed by atoms with van der Waals surface area (Å²) in [5.74, 6) is 1.02. The second-order valence-corrected chi connectivity index (χ2v) is 11.0. The van der Waals surface area contributed by atoms with Crippen molar-refractivity contribution < 1.29 is 38.1 Å². The molecule has 0 aliphatic carbocycles. The fourth-order valence-electron chi connectivity index (χ4n) is 4.69. The van der Waals surface area contributed by atoms with Crippen LogP contribution in [0, 0.1) is 0 Å². The summed E-state index contributed by atoms with van der Waals surface area (Å²) in [6.07, 6.45) is -0.649. The number of rotatable bonds is 12. The number of ether oxygens (including phenoxy) is 5. The molecule has 1 aliphatic rings. The van der Waals surface area contributed by atoms with Crippen LogP contribution in [0.3, 0.4) is 0 Å². The van der Waals surface area contributed by atoms with Gasteiger partial charge in [0.05, 0.1) is 21.3 Å². The molecule has 0 aromatic heterocycles. The number of carbonyl (C=O) groups is 3. The summed E-state index contributed by atoms with van der Waals surface area (Å²) in [6, 6.07) is 12.1. The molecule has 1 fully saturated rings. The largest absolute Gasteiger partial charge is 0.493 e. The highest BCUT2D eigenvalue weighted by molar-refractivity contribution is 5.86. The Labute approximate surface area is 248 Å². The van der Waals surface area contributed by atoms with Crippen molar-refractivity contribution in [2.75, 3.05) is 47.5 Å². The Hall–Kier alpha value is -3.99. The van der Waals surface area contributed by atoms with Gasteiger partial charge in [0.2, 0.25) is 11.7 Å². The van der Waals surface area contributed by atoms with Crippen molar-refractivity contribution in [3.05, 3.63) is 53.6 Å². The van der Waals surface area contributed by atoms with Gasteiger partial charge in [-0.1, -0.05) is 36.4 Å². The third-order valence-electron chi connectivity index (χ3n) is 6.72. The first kappa shape index (κ1) is 32.5. The van der Waals surface area contributed by atoms with Crippen molar-refractivity contribution in [2.45, 2.75) is 58.4 Å². The van der Waals surface area contributed by atoms with Crippen molar-refractivity contribution in [3.63, 3.8) is 0 Å². The van der Waals surface area contributed by atoms with Gasteiger partial charge in [0.25, 0.3) is 0 Å². The molecule has 11 heteroatoms. The van der Waals surface area contributed by atoms with E-state index < -0.39 is 23.7 Å². The smallest absolute Gasteiger partial charge is 0.408 e. The van der Waals surface area contributed by atoms with Crippen LogP contribution in [0.4, 0.5) is 4.79 Å². The number of hydrogen-bond acceptors (Lipinski definition) is 9. The van der Waals surface area contributed by atoms with Gasteiger partial charge in [0, 0.05) is 44.7 Å². The third kappa shape index (κ3) is 9.54. The summed E-state index contributed by atoms with van der Waals surface area (Å²) >= 11 is 0. The molecule has 0 spiro atoms. The molecule has 3 rings (SSSR count). The molecule has 0 radical (unpaired) electrons. The van der Waals surface area contributed by atoms with Crippen LogP contribution in [-0.2, 0) is 32.2 Å². The molecular weight excluding hydrogens is 542 g/mol. The van der Waals surface area contributed by atoms with Gasteiger partial charge in [-0.2, -0.15) is 0 Å². The van der Waals surface area contributed by atoms with Crippen LogP contribution in [0.15, 0.2) is 42.5 Å². The van der Waals surface area contributed by atoms with E-state index in [2.05, 4.69) is 10.2 Å². The number of carbonyl (C=O) groups excluding carboxylic acids is 3. The van der Waals surface area contributed by atoms with Gasteiger partial charge in [0.15, 0.2) is 11.5 Å². The predicted octanol–water partition coefficient (Wildman–Crippen LogP) is 3.77. The Kier molecular flexibility index (Phi) is 11.8. The fourth-order valence-corrected chi connectivity index (χ4v) is 4.69. The highest BCUT2D eigenvalue weighted by Crippen LogP contribution is 2.40. The molecule has 0 unspecified atom stereocenters. The first-order valence-corrected chi connectivity index (χ1v) is 14.0. The summed E-state index contributed by atoms with van der Waals surface area (Å²) in [5.41, 5.74) is 1.12. The Bertz CT molecular complexity index is 1190. The van der Waals surface area contributed by atoms with Gasteiger partial charge >= 0.3 is 12.1 Å². The minimum Gasteiger partial charge on any atom is -0.493 e. The number of nitrogens with one attached hydrogen (secondary N) is 1. The SMILES string of the molecule is COc1ccc(CN2CCN(C(=O)[C@H](CCC(=O)OC(C)(C)C)NC(=O)OCc3ccccc3)CC2)c(OC)c1OC. The van der Waals surface area contributed by atoms with Crippen molar-refractivity contribution in [1.29, 1.82) is 0 Å². The second-order valence-electron chi connectivity index (χ2n) is 11.0. The first-order chi connectivity index (χ1) is 20.0. The highest BCUT2D eigenvalue weighted by Gasteiger charge is 2.31. The molecule has 11 nitrogen and oxygen atoms in total. The van der Waals surface area contributed by atoms with E-state index in [9.17, 15) is 14.4 Å². The lowest BCUT2D eigenvalue weighted by Gasteiger charge is -2.36. The second kappa shape index (κ2) is 15.3. The zero-order chi connectivity index (χ0) is 30.7. The molecule has 1 aliphatic heterocycles. The molecule has 1 atom stereocenters. The molecule has 42 heavy (non-hydrogen) atoms. The van der Waals surface area contributed by atoms with Crippen LogP contribution in [0.2, 0.25) is 0 Å². The molecule has 1 N–H and O–H groups in total. The number of nitrogens with zero attached hydrogens (tertiary/aromatic N) is 2. The molecule has 1 heterocycles. The van der Waals surface area contributed by atoms with E-state index in [-0.39, 0.29) is 25.4 Å². The molecule has 0 saturated carbocycles. The first-order valence-electron chi connectivity index (χ1n) is 14.0. The average molecular weight is 586 g/mol. The Balaban J connectivity index is 1.62. The summed E-state index contributed by atoms with van der Waals surface area (Å²) in [7, 11) is 4.73. The van der Waals surface area contributed by atoms with Crippen LogP contribution >= 0.6 is 0 Å². The van der Waals surface area contributed by atoms with Crippen LogP contribution in [0.25, 0.3) is 0 Å². The molecule has 0 bridgehead atoms. The number of methoxy groups -OCH3 is 3. The predicted molar refractivity (Wildman–Crippen MR) is 157 cm³/mol. The van der Waals surface area contributed by atoms with Gasteiger partial charge in [0.1, 0.15) is 18.2 Å². The topological polar surface area (TPSA) is 116 Å². The standard InChI is InChI=1S/C31H43N3O8/c1-31(2,3)42-26(35)15-13-24(32-30(37)41-21-22-10-8-7-9-11-22)29(36)34-18-16-33(17-19-34)20-23-12-14-25(38-4)28(40-6)27(23)39-5/h7-12,14,24H,13,15-21H2,1-6H3,(H,32,37)/t24-/m0/s1. The van der Waals surface area contributed by atoms with E-state index in [1.807, 2.05) is 42.5 Å². The molecule has 1 saturated heterocycles. The summed E-state index contributed by atoms with van der Waals surface area (Å²) in [4.78, 5) is 42.5. The molecule has 2 aromatic carbocycles. The number of piperazine rings is 1. The number of alkyl carbamates (subject to hydrolysis) is 1. The van der Waals surface area contributed by atoms with E-state index in [1.54, 1.807) is 47.0 Å². The number of esters is 1. The maximum Gasteiger partial charge on any atom is 0.408 e. The number of hydrogen-bond donors (Lipinski definition) is 1. The Morgan fingerprint density at radius 1 is 0.881 bits per heavy atom. The van der Waals surface area contributed by atoms with Crippen LogP contribution < -0.4 is 19.5 Å². The average Bonchev–Trinajstić information content (AvgIpc) is 2.97. The van der Waals surface area contributed by atoms with Crippen LogP contribution in [0.1, 0.15) is 44.7 Å². The van der Waals surface area contributed by atoms with E-state index in [0.29, 0.717) is 50.0 Å². The van der Waals surface area contributed by atoms with Crippen molar-refractivity contribution in [3.8, 4) is 17.2 Å². The van der Waals surface area contributed by atoms with E-state index in [0.717, 1.165) is 11.1 Å². The van der Waals surface area contributed by atoms with Crippen molar-refractivity contribution >= 4 is 18.0 Å². The van der Waals surface area contributed by atoms with Crippen LogP contribution in [0.5, 0.6) is 17.2 Å². The molecule has 230 valence electrons. The van der Waals surface area contributed by atoms with Crippen molar-refractivity contribution in [1.82, 2.24) is 15.1 Å². The summed E-state index contributed by atoms with van der Waals surface area (Å²) in [6.45, 7) is 8.14. The van der Waals surface area contributed by atoms with Gasteiger partial charge in [-0.25, -0.2) is 4.79 Å². The summed E-state index contributed by atoms with van der Waals surface area (Å²) < 4.78 is 27.3. The quantitative estimate of drug-likeness (QED) is 0.372. The Morgan fingerprint density at radius 3 is 2.14 bits per heavy atom. The van der Waals surface area contributed by atoms with Gasteiger partial charge in [-0.05, 0) is 38.8 Å². The van der Waals surface area contributed by atoms with Crippen molar-refractivity contribution in [2.24, 2.45) is 0 Å². The lowest BCUT2D eigenvalue weighted by atomic mass is 10.1.